The van der Waals surface area contributed by atoms with Crippen LogP contribution in [0, 0.1) is 0 Å². The molecule has 0 aliphatic carbocycles. The number of methoxy groups -OCH3 is 2. The van der Waals surface area contributed by atoms with Crippen molar-refractivity contribution >= 4 is 16.8 Å². The Morgan fingerprint density at radius 3 is 2.52 bits per heavy atom. The van der Waals surface area contributed by atoms with E-state index in [1.807, 2.05) is 23.1 Å². The lowest BCUT2D eigenvalue weighted by atomic mass is 9.99. The molecule has 1 aliphatic rings. The fourth-order valence-corrected chi connectivity index (χ4v) is 3.98. The molecule has 1 N–H and O–H groups in total. The largest absolute Gasteiger partial charge is 0.493 e. The van der Waals surface area contributed by atoms with Gasteiger partial charge in [-0.15, -0.1) is 0 Å². The van der Waals surface area contributed by atoms with Crippen molar-refractivity contribution in [3.8, 4) is 11.5 Å². The SMILES string of the molecule is COc1cc2c(cc1OC)CN(C(=O)NCCc1cccc3ccccc13)CC2. The number of urea groups is 1. The summed E-state index contributed by atoms with van der Waals surface area (Å²) >= 11 is 0. The predicted molar refractivity (Wildman–Crippen MR) is 115 cm³/mol. The normalized spacial score (nSPS) is 13.1. The van der Waals surface area contributed by atoms with Gasteiger partial charge in [-0.25, -0.2) is 4.79 Å². The smallest absolute Gasteiger partial charge is 0.317 e. The van der Waals surface area contributed by atoms with Crippen LogP contribution in [-0.4, -0.2) is 38.2 Å². The van der Waals surface area contributed by atoms with Gasteiger partial charge in [-0.2, -0.15) is 0 Å². The molecule has 3 aromatic carbocycles. The minimum atomic E-state index is -0.0225. The van der Waals surface area contributed by atoms with Crippen molar-refractivity contribution in [2.75, 3.05) is 27.3 Å². The van der Waals surface area contributed by atoms with Crippen LogP contribution in [0.25, 0.3) is 10.8 Å². The van der Waals surface area contributed by atoms with Crippen molar-refractivity contribution in [1.29, 1.82) is 0 Å². The Hall–Kier alpha value is -3.21. The summed E-state index contributed by atoms with van der Waals surface area (Å²) in [4.78, 5) is 14.6. The molecule has 0 radical (unpaired) electrons. The summed E-state index contributed by atoms with van der Waals surface area (Å²) in [6, 6.07) is 18.6. The number of ether oxygens (including phenoxy) is 2. The first kappa shape index (κ1) is 19.1. The Labute approximate surface area is 171 Å². The number of fused-ring (bicyclic) bond motifs is 2. The lowest BCUT2D eigenvalue weighted by Gasteiger charge is -2.29. The highest BCUT2D eigenvalue weighted by atomic mass is 16.5. The Morgan fingerprint density at radius 1 is 1.00 bits per heavy atom. The number of carbonyl (C=O) groups excluding carboxylic acids is 1. The number of rotatable bonds is 5. The van der Waals surface area contributed by atoms with E-state index in [9.17, 15) is 4.79 Å². The zero-order chi connectivity index (χ0) is 20.2. The van der Waals surface area contributed by atoms with Crippen LogP contribution in [0.4, 0.5) is 4.79 Å². The predicted octanol–water partition coefficient (Wildman–Crippen LogP) is 4.17. The third-order valence-electron chi connectivity index (χ3n) is 5.56. The first-order valence-corrected chi connectivity index (χ1v) is 9.93. The summed E-state index contributed by atoms with van der Waals surface area (Å²) < 4.78 is 10.8. The van der Waals surface area contributed by atoms with Gasteiger partial charge < -0.3 is 19.7 Å². The summed E-state index contributed by atoms with van der Waals surface area (Å²) in [6.45, 7) is 1.89. The van der Waals surface area contributed by atoms with E-state index in [4.69, 9.17) is 9.47 Å². The monoisotopic (exact) mass is 390 g/mol. The van der Waals surface area contributed by atoms with Crippen LogP contribution in [0.1, 0.15) is 16.7 Å². The van der Waals surface area contributed by atoms with E-state index in [0.29, 0.717) is 25.4 Å². The second-order valence-electron chi connectivity index (χ2n) is 7.27. The molecule has 29 heavy (non-hydrogen) atoms. The van der Waals surface area contributed by atoms with Gasteiger partial charge in [0.1, 0.15) is 0 Å². The molecule has 5 nitrogen and oxygen atoms in total. The third kappa shape index (κ3) is 3.99. The number of amides is 2. The van der Waals surface area contributed by atoms with Gasteiger partial charge in [0.25, 0.3) is 0 Å². The molecule has 0 saturated heterocycles. The van der Waals surface area contributed by atoms with E-state index in [2.05, 4.69) is 41.7 Å². The van der Waals surface area contributed by atoms with Crippen LogP contribution in [0.15, 0.2) is 54.6 Å². The quantitative estimate of drug-likeness (QED) is 0.711. The van der Waals surface area contributed by atoms with E-state index < -0.39 is 0 Å². The first-order valence-electron chi connectivity index (χ1n) is 9.93. The van der Waals surface area contributed by atoms with Crippen LogP contribution < -0.4 is 14.8 Å². The topological polar surface area (TPSA) is 50.8 Å². The molecular weight excluding hydrogens is 364 g/mol. The van der Waals surface area contributed by atoms with Gasteiger partial charge in [0, 0.05) is 19.6 Å². The molecule has 1 aliphatic heterocycles. The van der Waals surface area contributed by atoms with Gasteiger partial charge in [0.2, 0.25) is 0 Å². The molecule has 0 saturated carbocycles. The van der Waals surface area contributed by atoms with Gasteiger partial charge in [-0.3, -0.25) is 0 Å². The van der Waals surface area contributed by atoms with E-state index in [1.54, 1.807) is 14.2 Å². The minimum Gasteiger partial charge on any atom is -0.493 e. The maximum atomic E-state index is 12.7. The van der Waals surface area contributed by atoms with Crippen molar-refractivity contribution in [2.24, 2.45) is 0 Å². The van der Waals surface area contributed by atoms with E-state index >= 15 is 0 Å². The molecule has 4 rings (SSSR count). The maximum absolute atomic E-state index is 12.7. The summed E-state index contributed by atoms with van der Waals surface area (Å²) in [6.07, 6.45) is 1.62. The van der Waals surface area contributed by atoms with Crippen LogP contribution in [0.2, 0.25) is 0 Å². The van der Waals surface area contributed by atoms with E-state index in [0.717, 1.165) is 24.2 Å². The van der Waals surface area contributed by atoms with Crippen molar-refractivity contribution < 1.29 is 14.3 Å². The third-order valence-corrected chi connectivity index (χ3v) is 5.56. The highest BCUT2D eigenvalue weighted by Crippen LogP contribution is 2.33. The zero-order valence-corrected chi connectivity index (χ0v) is 16.9. The molecule has 0 atom stereocenters. The molecule has 0 fully saturated rings. The van der Waals surface area contributed by atoms with Crippen molar-refractivity contribution in [3.05, 3.63) is 71.3 Å². The van der Waals surface area contributed by atoms with Crippen LogP contribution in [0.5, 0.6) is 11.5 Å². The summed E-state index contributed by atoms with van der Waals surface area (Å²) in [5.74, 6) is 1.43. The second-order valence-corrected chi connectivity index (χ2v) is 7.27. The van der Waals surface area contributed by atoms with E-state index in [1.165, 1.54) is 21.9 Å². The molecule has 3 aromatic rings. The average molecular weight is 390 g/mol. The number of hydrogen-bond acceptors (Lipinski definition) is 3. The van der Waals surface area contributed by atoms with Crippen molar-refractivity contribution in [3.63, 3.8) is 0 Å². The number of nitrogens with zero attached hydrogens (tertiary/aromatic N) is 1. The standard InChI is InChI=1S/C24H26N2O3/c1-28-22-14-19-11-13-26(16-20(19)15-23(22)29-2)24(27)25-12-10-18-8-5-7-17-6-3-4-9-21(17)18/h3-9,14-15H,10-13,16H2,1-2H3,(H,25,27). The Kier molecular flexibility index (Phi) is 5.56. The second kappa shape index (κ2) is 8.43. The fraction of sp³-hybridized carbons (Fsp3) is 0.292. The van der Waals surface area contributed by atoms with Gasteiger partial charge in [0.05, 0.1) is 14.2 Å². The summed E-state index contributed by atoms with van der Waals surface area (Å²) in [7, 11) is 3.27. The van der Waals surface area contributed by atoms with Crippen molar-refractivity contribution in [1.82, 2.24) is 10.2 Å². The van der Waals surface area contributed by atoms with Gasteiger partial charge in [0.15, 0.2) is 11.5 Å². The van der Waals surface area contributed by atoms with Gasteiger partial charge >= 0.3 is 6.03 Å². The molecule has 0 bridgehead atoms. The molecule has 5 heteroatoms. The highest BCUT2D eigenvalue weighted by Gasteiger charge is 2.22. The highest BCUT2D eigenvalue weighted by molar-refractivity contribution is 5.85. The first-order chi connectivity index (χ1) is 14.2. The zero-order valence-electron chi connectivity index (χ0n) is 16.9. The average Bonchev–Trinajstić information content (AvgIpc) is 2.77. The number of nitrogens with one attached hydrogen (secondary N) is 1. The molecular formula is C24H26N2O3. The molecule has 0 aromatic heterocycles. The molecule has 2 amide bonds. The Morgan fingerprint density at radius 2 is 1.72 bits per heavy atom. The van der Waals surface area contributed by atoms with Gasteiger partial charge in [-0.1, -0.05) is 42.5 Å². The molecule has 0 spiro atoms. The van der Waals surface area contributed by atoms with Crippen LogP contribution in [-0.2, 0) is 19.4 Å². The molecule has 150 valence electrons. The fourth-order valence-electron chi connectivity index (χ4n) is 3.98. The van der Waals surface area contributed by atoms with E-state index in [-0.39, 0.29) is 6.03 Å². The number of hydrogen-bond donors (Lipinski definition) is 1. The van der Waals surface area contributed by atoms with Gasteiger partial charge in [-0.05, 0) is 52.4 Å². The Bertz CT molecular complexity index is 1030. The summed E-state index contributed by atoms with van der Waals surface area (Å²) in [5, 5.41) is 5.56. The molecule has 0 unspecified atom stereocenters. The summed E-state index contributed by atoms with van der Waals surface area (Å²) in [5.41, 5.74) is 3.57. The lowest BCUT2D eigenvalue weighted by molar-refractivity contribution is 0.192. The minimum absolute atomic E-state index is 0.0225. The van der Waals surface area contributed by atoms with Crippen LogP contribution >= 0.6 is 0 Å². The number of benzene rings is 3. The number of carbonyl (C=O) groups is 1. The van der Waals surface area contributed by atoms with Crippen molar-refractivity contribution in [2.45, 2.75) is 19.4 Å². The molecule has 1 heterocycles. The lowest BCUT2D eigenvalue weighted by Crippen LogP contribution is -2.43. The maximum Gasteiger partial charge on any atom is 0.317 e. The van der Waals surface area contributed by atoms with Crippen LogP contribution in [0.3, 0.4) is 0 Å². The Balaban J connectivity index is 1.38.